The van der Waals surface area contributed by atoms with Gasteiger partial charge in [0.1, 0.15) is 5.75 Å². The number of nitrogens with zero attached hydrogens (tertiary/aromatic N) is 1. The molecule has 3 N–H and O–H groups in total. The standard InChI is InChI=1S/C15H16FN3O2/c16-13-12(7-9-18-14(13)17)15(20)19-8-4-10-21-11-5-2-1-3-6-11/h1-3,5-7,9H,4,8,10H2,(H2,17,18)(H,19,20). The third kappa shape index (κ3) is 4.17. The number of carbonyl (C=O) groups excluding carboxylic acids is 1. The minimum Gasteiger partial charge on any atom is -0.494 e. The lowest BCUT2D eigenvalue weighted by Crippen LogP contribution is -2.26. The largest absolute Gasteiger partial charge is 0.494 e. The van der Waals surface area contributed by atoms with Crippen LogP contribution < -0.4 is 15.8 Å². The fourth-order valence-electron chi connectivity index (χ4n) is 1.71. The number of hydrogen-bond acceptors (Lipinski definition) is 4. The Balaban J connectivity index is 1.73. The van der Waals surface area contributed by atoms with Gasteiger partial charge in [-0.25, -0.2) is 9.37 Å². The van der Waals surface area contributed by atoms with E-state index in [1.807, 2.05) is 30.3 Å². The predicted molar refractivity (Wildman–Crippen MR) is 77.5 cm³/mol. The van der Waals surface area contributed by atoms with E-state index in [0.29, 0.717) is 19.6 Å². The lowest BCUT2D eigenvalue weighted by atomic mass is 10.2. The monoisotopic (exact) mass is 289 g/mol. The SMILES string of the molecule is Nc1nccc(C(=O)NCCCOc2ccccc2)c1F. The number of para-hydroxylation sites is 1. The van der Waals surface area contributed by atoms with Crippen LogP contribution in [0.4, 0.5) is 10.2 Å². The highest BCUT2D eigenvalue weighted by Crippen LogP contribution is 2.11. The Morgan fingerprint density at radius 1 is 1.29 bits per heavy atom. The van der Waals surface area contributed by atoms with Crippen molar-refractivity contribution in [3.8, 4) is 5.75 Å². The first-order valence-electron chi connectivity index (χ1n) is 6.54. The number of rotatable bonds is 6. The highest BCUT2D eigenvalue weighted by Gasteiger charge is 2.13. The highest BCUT2D eigenvalue weighted by atomic mass is 19.1. The molecule has 1 amide bonds. The van der Waals surface area contributed by atoms with Gasteiger partial charge in [0.2, 0.25) is 0 Å². The molecule has 0 aliphatic rings. The van der Waals surface area contributed by atoms with Gasteiger partial charge in [-0.3, -0.25) is 4.79 Å². The molecule has 6 heteroatoms. The first-order valence-corrected chi connectivity index (χ1v) is 6.54. The molecule has 110 valence electrons. The number of aromatic nitrogens is 1. The van der Waals surface area contributed by atoms with E-state index in [0.717, 1.165) is 5.75 Å². The van der Waals surface area contributed by atoms with Crippen LogP contribution in [0.1, 0.15) is 16.8 Å². The molecule has 5 nitrogen and oxygen atoms in total. The fraction of sp³-hybridized carbons (Fsp3) is 0.200. The van der Waals surface area contributed by atoms with Crippen molar-refractivity contribution in [1.82, 2.24) is 10.3 Å². The van der Waals surface area contributed by atoms with Gasteiger partial charge in [0.15, 0.2) is 11.6 Å². The van der Waals surface area contributed by atoms with E-state index in [-0.39, 0.29) is 11.4 Å². The second kappa shape index (κ2) is 7.23. The van der Waals surface area contributed by atoms with Crippen LogP contribution in [0.2, 0.25) is 0 Å². The molecule has 0 saturated heterocycles. The zero-order chi connectivity index (χ0) is 15.1. The van der Waals surface area contributed by atoms with Gasteiger partial charge in [-0.15, -0.1) is 0 Å². The molecule has 21 heavy (non-hydrogen) atoms. The first-order chi connectivity index (χ1) is 10.2. The van der Waals surface area contributed by atoms with Gasteiger partial charge in [-0.05, 0) is 24.6 Å². The maximum atomic E-state index is 13.6. The van der Waals surface area contributed by atoms with Crippen molar-refractivity contribution < 1.29 is 13.9 Å². The van der Waals surface area contributed by atoms with Gasteiger partial charge in [0, 0.05) is 12.7 Å². The summed E-state index contributed by atoms with van der Waals surface area (Å²) in [4.78, 5) is 15.3. The molecule has 1 heterocycles. The predicted octanol–water partition coefficient (Wildman–Crippen LogP) is 2.00. The number of amides is 1. The molecule has 0 aliphatic carbocycles. The van der Waals surface area contributed by atoms with Crippen LogP contribution in [0.25, 0.3) is 0 Å². The molecule has 0 bridgehead atoms. The molecule has 1 aromatic heterocycles. The summed E-state index contributed by atoms with van der Waals surface area (Å²) in [7, 11) is 0. The van der Waals surface area contributed by atoms with Gasteiger partial charge in [0.25, 0.3) is 5.91 Å². The Kier molecular flexibility index (Phi) is 5.09. The van der Waals surface area contributed by atoms with Crippen molar-refractivity contribution in [2.75, 3.05) is 18.9 Å². The van der Waals surface area contributed by atoms with Crippen molar-refractivity contribution in [2.45, 2.75) is 6.42 Å². The normalized spacial score (nSPS) is 10.1. The van der Waals surface area contributed by atoms with Crippen molar-refractivity contribution >= 4 is 11.7 Å². The smallest absolute Gasteiger partial charge is 0.254 e. The van der Waals surface area contributed by atoms with Crippen LogP contribution in [0.5, 0.6) is 5.75 Å². The Morgan fingerprint density at radius 3 is 2.81 bits per heavy atom. The zero-order valence-corrected chi connectivity index (χ0v) is 11.4. The first kappa shape index (κ1) is 14.8. The molecule has 1 aromatic carbocycles. The summed E-state index contributed by atoms with van der Waals surface area (Å²) < 4.78 is 19.1. The number of benzene rings is 1. The summed E-state index contributed by atoms with van der Waals surface area (Å²) >= 11 is 0. The summed E-state index contributed by atoms with van der Waals surface area (Å²) in [6.45, 7) is 0.846. The Bertz CT molecular complexity index is 605. The van der Waals surface area contributed by atoms with E-state index in [4.69, 9.17) is 10.5 Å². The van der Waals surface area contributed by atoms with Crippen molar-refractivity contribution in [2.24, 2.45) is 0 Å². The molecule has 2 aromatic rings. The average Bonchev–Trinajstić information content (AvgIpc) is 2.50. The third-order valence-electron chi connectivity index (χ3n) is 2.78. The molecule has 0 spiro atoms. The molecule has 0 radical (unpaired) electrons. The van der Waals surface area contributed by atoms with Crippen LogP contribution in [0.3, 0.4) is 0 Å². The van der Waals surface area contributed by atoms with Crippen molar-refractivity contribution in [3.63, 3.8) is 0 Å². The average molecular weight is 289 g/mol. The quantitative estimate of drug-likeness (QED) is 0.797. The Labute approximate surface area is 121 Å². The number of ether oxygens (including phenoxy) is 1. The van der Waals surface area contributed by atoms with Crippen molar-refractivity contribution in [1.29, 1.82) is 0 Å². The molecule has 0 unspecified atom stereocenters. The van der Waals surface area contributed by atoms with Gasteiger partial charge in [0.05, 0.1) is 12.2 Å². The van der Waals surface area contributed by atoms with E-state index in [1.165, 1.54) is 12.3 Å². The molecule has 2 rings (SSSR count). The summed E-state index contributed by atoms with van der Waals surface area (Å²) in [5.41, 5.74) is 5.21. The maximum Gasteiger partial charge on any atom is 0.254 e. The molecule has 0 atom stereocenters. The number of carbonyl (C=O) groups is 1. The maximum absolute atomic E-state index is 13.6. The number of nitrogen functional groups attached to an aromatic ring is 1. The lowest BCUT2D eigenvalue weighted by Gasteiger charge is -2.08. The van der Waals surface area contributed by atoms with Crippen LogP contribution >= 0.6 is 0 Å². The molecular formula is C15H16FN3O2. The van der Waals surface area contributed by atoms with Crippen LogP contribution in [0, 0.1) is 5.82 Å². The van der Waals surface area contributed by atoms with E-state index in [9.17, 15) is 9.18 Å². The van der Waals surface area contributed by atoms with Crippen LogP contribution in [0.15, 0.2) is 42.6 Å². The fourth-order valence-corrected chi connectivity index (χ4v) is 1.71. The second-order valence-electron chi connectivity index (χ2n) is 4.33. The van der Waals surface area contributed by atoms with E-state index in [1.54, 1.807) is 0 Å². The number of hydrogen-bond donors (Lipinski definition) is 2. The number of nitrogens with one attached hydrogen (secondary N) is 1. The van der Waals surface area contributed by atoms with Crippen molar-refractivity contribution in [3.05, 3.63) is 54.0 Å². The molecular weight excluding hydrogens is 273 g/mol. The van der Waals surface area contributed by atoms with Crippen LogP contribution in [-0.2, 0) is 0 Å². The zero-order valence-electron chi connectivity index (χ0n) is 11.4. The highest BCUT2D eigenvalue weighted by molar-refractivity contribution is 5.95. The number of pyridine rings is 1. The summed E-state index contributed by atoms with van der Waals surface area (Å²) in [6, 6.07) is 10.7. The van der Waals surface area contributed by atoms with Crippen LogP contribution in [-0.4, -0.2) is 24.0 Å². The van der Waals surface area contributed by atoms with E-state index < -0.39 is 11.7 Å². The Hall–Kier alpha value is -2.63. The van der Waals surface area contributed by atoms with Gasteiger partial charge in [-0.1, -0.05) is 18.2 Å². The van der Waals surface area contributed by atoms with Gasteiger partial charge >= 0.3 is 0 Å². The topological polar surface area (TPSA) is 77.2 Å². The third-order valence-corrected chi connectivity index (χ3v) is 2.78. The minimum absolute atomic E-state index is 0.105. The van der Waals surface area contributed by atoms with E-state index >= 15 is 0 Å². The van der Waals surface area contributed by atoms with Gasteiger partial charge in [-0.2, -0.15) is 0 Å². The summed E-state index contributed by atoms with van der Waals surface area (Å²) in [6.07, 6.45) is 1.91. The van der Waals surface area contributed by atoms with E-state index in [2.05, 4.69) is 10.3 Å². The number of nitrogens with two attached hydrogens (primary N) is 1. The Morgan fingerprint density at radius 2 is 2.05 bits per heavy atom. The molecule has 0 saturated carbocycles. The molecule has 0 fully saturated rings. The van der Waals surface area contributed by atoms with Gasteiger partial charge < -0.3 is 15.8 Å². The summed E-state index contributed by atoms with van der Waals surface area (Å²) in [5, 5.41) is 2.61. The second-order valence-corrected chi connectivity index (χ2v) is 4.33. The minimum atomic E-state index is -0.796. The number of anilines is 1. The summed E-state index contributed by atoms with van der Waals surface area (Å²) in [5.74, 6) is -0.816. The number of halogens is 1. The molecule has 0 aliphatic heterocycles. The lowest BCUT2D eigenvalue weighted by molar-refractivity contribution is 0.0947.